The van der Waals surface area contributed by atoms with E-state index >= 15 is 0 Å². The summed E-state index contributed by atoms with van der Waals surface area (Å²) >= 11 is 3.10. The summed E-state index contributed by atoms with van der Waals surface area (Å²) in [6.45, 7) is 1.14. The Bertz CT molecular complexity index is 1370. The number of aromatic nitrogens is 2. The van der Waals surface area contributed by atoms with E-state index in [1.54, 1.807) is 30.3 Å². The number of nitrogens with one attached hydrogen (secondary N) is 2. The molecular weight excluding hydrogens is 633 g/mol. The van der Waals surface area contributed by atoms with Gasteiger partial charge in [0.2, 0.25) is 0 Å². The summed E-state index contributed by atoms with van der Waals surface area (Å²) < 4.78 is 38.1. The first-order valence-electron chi connectivity index (χ1n) is 14.1. The predicted octanol–water partition coefficient (Wildman–Crippen LogP) is 4.39. The van der Waals surface area contributed by atoms with Crippen LogP contribution in [0.1, 0.15) is 70.1 Å². The van der Waals surface area contributed by atoms with Gasteiger partial charge >= 0.3 is 19.4 Å². The molecule has 1 aromatic heterocycles. The maximum atomic E-state index is 13.9. The van der Waals surface area contributed by atoms with Gasteiger partial charge in [0.05, 0.1) is 18.3 Å². The normalized spacial score (nSPS) is 24.0. The van der Waals surface area contributed by atoms with Crippen LogP contribution in [-0.4, -0.2) is 51.6 Å². The minimum Gasteiger partial charge on any atom is -0.461 e. The molecule has 0 amide bonds. The number of halogens is 1. The fraction of sp³-hybridized carbons (Fsp3) is 0.536. The van der Waals surface area contributed by atoms with Crippen LogP contribution in [-0.2, 0) is 23.4 Å². The average molecular weight is 670 g/mol. The van der Waals surface area contributed by atoms with Crippen molar-refractivity contribution in [1.82, 2.24) is 14.6 Å². The molecule has 2 aromatic rings. The van der Waals surface area contributed by atoms with Crippen LogP contribution in [0, 0.1) is 0 Å². The van der Waals surface area contributed by atoms with Crippen molar-refractivity contribution in [3.8, 4) is 5.75 Å². The molecule has 1 aliphatic carbocycles. The van der Waals surface area contributed by atoms with Crippen LogP contribution in [0.25, 0.3) is 6.08 Å². The molecule has 2 heterocycles. The topological polar surface area (TPSA) is 158 Å². The third kappa shape index (κ3) is 8.98. The molecule has 4 rings (SSSR count). The molecular formula is C28H37BrN3O9P. The number of aliphatic hydroxyl groups is 1. The molecule has 0 bridgehead atoms. The zero-order chi connectivity index (χ0) is 30.1. The highest BCUT2D eigenvalue weighted by molar-refractivity contribution is 9.11. The molecule has 14 heteroatoms. The fourth-order valence-electron chi connectivity index (χ4n) is 4.91. The van der Waals surface area contributed by atoms with E-state index in [-0.39, 0.29) is 30.4 Å². The fourth-order valence-corrected chi connectivity index (χ4v) is 6.70. The van der Waals surface area contributed by atoms with Gasteiger partial charge in [-0.3, -0.25) is 23.7 Å². The molecule has 1 saturated heterocycles. The number of H-pyrrole nitrogens is 1. The number of nitrogens with zero attached hydrogens (tertiary/aromatic N) is 1. The maximum Gasteiger partial charge on any atom is 0.459 e. The van der Waals surface area contributed by atoms with Gasteiger partial charge in [-0.05, 0) is 55.8 Å². The van der Waals surface area contributed by atoms with Crippen LogP contribution in [0.15, 0.2) is 51.1 Å². The third-order valence-electron chi connectivity index (χ3n) is 7.17. The molecule has 12 nitrogen and oxygen atoms in total. The second-order valence-corrected chi connectivity index (χ2v) is 12.7. The Kier molecular flexibility index (Phi) is 11.8. The Morgan fingerprint density at radius 3 is 2.60 bits per heavy atom. The lowest BCUT2D eigenvalue weighted by molar-refractivity contribution is -0.151. The Balaban J connectivity index is 1.44. The van der Waals surface area contributed by atoms with Crippen LogP contribution in [0.2, 0.25) is 0 Å². The van der Waals surface area contributed by atoms with E-state index < -0.39 is 49.4 Å². The van der Waals surface area contributed by atoms with E-state index in [0.717, 1.165) is 38.5 Å². The SMILES string of the molecule is C[C@H](NP(=O)(OCC1OC(n2cc(/C=C/Br)c(=O)[nH]c2=O)CC1O)Oc1ccccc1)C(=O)OC1CCCCCCC1. The van der Waals surface area contributed by atoms with Crippen LogP contribution in [0.4, 0.5) is 0 Å². The Labute approximate surface area is 252 Å². The zero-order valence-corrected chi connectivity index (χ0v) is 25.8. The molecule has 230 valence electrons. The molecule has 4 unspecified atom stereocenters. The number of aromatic amines is 1. The Morgan fingerprint density at radius 1 is 1.21 bits per heavy atom. The number of aliphatic hydroxyl groups excluding tert-OH is 1. The number of benzene rings is 1. The zero-order valence-electron chi connectivity index (χ0n) is 23.4. The summed E-state index contributed by atoms with van der Waals surface area (Å²) in [6, 6.07) is 7.32. The van der Waals surface area contributed by atoms with Crippen molar-refractivity contribution in [3.05, 3.63) is 67.9 Å². The minimum absolute atomic E-state index is 0.0127. The average Bonchev–Trinajstić information content (AvgIpc) is 3.31. The number of para-hydroxylation sites is 1. The van der Waals surface area contributed by atoms with E-state index in [1.165, 1.54) is 35.2 Å². The van der Waals surface area contributed by atoms with Crippen molar-refractivity contribution in [3.63, 3.8) is 0 Å². The van der Waals surface area contributed by atoms with Crippen LogP contribution >= 0.6 is 23.7 Å². The first kappa shape index (κ1) is 32.4. The van der Waals surface area contributed by atoms with Crippen molar-refractivity contribution < 1.29 is 33.0 Å². The predicted molar refractivity (Wildman–Crippen MR) is 159 cm³/mol. The first-order chi connectivity index (χ1) is 20.2. The van der Waals surface area contributed by atoms with Crippen LogP contribution in [0.3, 0.4) is 0 Å². The van der Waals surface area contributed by atoms with E-state index in [0.29, 0.717) is 0 Å². The second-order valence-electron chi connectivity index (χ2n) is 10.4. The quantitative estimate of drug-likeness (QED) is 0.231. The molecule has 2 fully saturated rings. The standard InChI is InChI=1S/C28H37BrN3O9P/c1-19(27(35)39-21-10-6-3-2-4-7-11-21)31-42(37,41-22-12-8-5-9-13-22)38-18-24-23(33)16-25(40-24)32-17-20(14-15-29)26(34)30-28(32)36/h5,8-9,12-15,17,19,21,23-25,33H,2-4,6-7,10-11,16,18H2,1H3,(H,31,37)(H,30,34,36)/b15-14+/t19-,23?,24?,25?,42?/m0/s1. The summed E-state index contributed by atoms with van der Waals surface area (Å²) in [5.41, 5.74) is -1.07. The van der Waals surface area contributed by atoms with Gasteiger partial charge in [0, 0.05) is 12.6 Å². The number of hydrogen-bond donors (Lipinski definition) is 3. The van der Waals surface area contributed by atoms with E-state index in [2.05, 4.69) is 26.0 Å². The van der Waals surface area contributed by atoms with Gasteiger partial charge < -0.3 is 19.1 Å². The smallest absolute Gasteiger partial charge is 0.459 e. The van der Waals surface area contributed by atoms with Gasteiger partial charge in [0.15, 0.2) is 0 Å². The summed E-state index contributed by atoms with van der Waals surface area (Å²) in [5.74, 6) is -0.323. The minimum atomic E-state index is -4.20. The Morgan fingerprint density at radius 2 is 1.90 bits per heavy atom. The summed E-state index contributed by atoms with van der Waals surface area (Å²) in [5, 5.41) is 13.4. The number of rotatable bonds is 11. The van der Waals surface area contributed by atoms with E-state index in [1.807, 2.05) is 0 Å². The van der Waals surface area contributed by atoms with Crippen molar-refractivity contribution in [1.29, 1.82) is 0 Å². The second kappa shape index (κ2) is 15.3. The lowest BCUT2D eigenvalue weighted by Crippen LogP contribution is -2.38. The highest BCUT2D eigenvalue weighted by Gasteiger charge is 2.40. The molecule has 1 aromatic carbocycles. The number of ether oxygens (including phenoxy) is 2. The van der Waals surface area contributed by atoms with Gasteiger partial charge in [-0.15, -0.1) is 0 Å². The van der Waals surface area contributed by atoms with Crippen molar-refractivity contribution >= 4 is 35.7 Å². The number of esters is 1. The molecule has 0 radical (unpaired) electrons. The summed E-state index contributed by atoms with van der Waals surface area (Å²) in [6.07, 6.45) is 6.58. The van der Waals surface area contributed by atoms with Gasteiger partial charge in [-0.2, -0.15) is 5.09 Å². The highest BCUT2D eigenvalue weighted by Crippen LogP contribution is 2.46. The van der Waals surface area contributed by atoms with Crippen molar-refractivity contribution in [2.75, 3.05) is 6.61 Å². The monoisotopic (exact) mass is 669 g/mol. The van der Waals surface area contributed by atoms with E-state index in [9.17, 15) is 24.1 Å². The number of carbonyl (C=O) groups excluding carboxylic acids is 1. The summed E-state index contributed by atoms with van der Waals surface area (Å²) in [7, 11) is -4.20. The molecule has 5 atom stereocenters. The lowest BCUT2D eigenvalue weighted by Gasteiger charge is -2.26. The van der Waals surface area contributed by atoms with Crippen LogP contribution in [0.5, 0.6) is 5.75 Å². The number of carbonyl (C=O) groups is 1. The van der Waals surface area contributed by atoms with Crippen molar-refractivity contribution in [2.24, 2.45) is 0 Å². The summed E-state index contributed by atoms with van der Waals surface area (Å²) in [4.78, 5) is 41.1. The molecule has 0 spiro atoms. The van der Waals surface area contributed by atoms with Crippen LogP contribution < -0.4 is 20.9 Å². The molecule has 1 saturated carbocycles. The molecule has 42 heavy (non-hydrogen) atoms. The van der Waals surface area contributed by atoms with E-state index in [4.69, 9.17) is 18.5 Å². The lowest BCUT2D eigenvalue weighted by atomic mass is 9.98. The highest BCUT2D eigenvalue weighted by atomic mass is 79.9. The van der Waals surface area contributed by atoms with Crippen molar-refractivity contribution in [2.45, 2.75) is 88.9 Å². The first-order valence-corrected chi connectivity index (χ1v) is 16.6. The van der Waals surface area contributed by atoms with Gasteiger partial charge in [-0.25, -0.2) is 9.36 Å². The Hall–Kier alpha value is -2.54. The number of hydrogen-bond acceptors (Lipinski definition) is 9. The molecule has 2 aliphatic rings. The molecule has 3 N–H and O–H groups in total. The van der Waals surface area contributed by atoms with Gasteiger partial charge in [0.1, 0.15) is 30.2 Å². The maximum absolute atomic E-state index is 13.9. The van der Waals surface area contributed by atoms with Gasteiger partial charge in [0.25, 0.3) is 5.56 Å². The third-order valence-corrected chi connectivity index (χ3v) is 9.08. The largest absolute Gasteiger partial charge is 0.461 e. The van der Waals surface area contributed by atoms with Gasteiger partial charge in [-0.1, -0.05) is 53.4 Å². The molecule has 1 aliphatic heterocycles.